The van der Waals surface area contributed by atoms with Crippen LogP contribution < -0.4 is 0 Å². The van der Waals surface area contributed by atoms with Gasteiger partial charge in [-0.2, -0.15) is 0 Å². The Bertz CT molecular complexity index is 174. The lowest BCUT2D eigenvalue weighted by Crippen LogP contribution is -1.99. The van der Waals surface area contributed by atoms with E-state index in [2.05, 4.69) is 22.9 Å². The number of rotatable bonds is 13. The average molecular weight is 317 g/mol. The van der Waals surface area contributed by atoms with Crippen molar-refractivity contribution in [1.82, 2.24) is 0 Å². The van der Waals surface area contributed by atoms with Crippen LogP contribution in [0.5, 0.6) is 0 Å². The van der Waals surface area contributed by atoms with Crippen LogP contribution in [-0.4, -0.2) is 4.83 Å². The summed E-state index contributed by atoms with van der Waals surface area (Å²) in [6.07, 6.45) is 20.4. The minimum absolute atomic E-state index is 0.844. The highest BCUT2D eigenvalue weighted by molar-refractivity contribution is 9.09. The molecule has 0 aromatic heterocycles. The van der Waals surface area contributed by atoms with Crippen LogP contribution in [0.2, 0.25) is 0 Å². The molecule has 0 aliphatic heterocycles. The third-order valence-corrected chi connectivity index (χ3v) is 5.42. The lowest BCUT2D eigenvalue weighted by molar-refractivity contribution is 0.537. The zero-order valence-electron chi connectivity index (χ0n) is 12.4. The van der Waals surface area contributed by atoms with Gasteiger partial charge in [0.15, 0.2) is 0 Å². The first-order chi connectivity index (χ1) is 8.84. The quantitative estimate of drug-likeness (QED) is 0.257. The molecule has 1 rings (SSSR count). The Morgan fingerprint density at radius 3 is 1.67 bits per heavy atom. The van der Waals surface area contributed by atoms with Crippen molar-refractivity contribution in [2.24, 2.45) is 5.92 Å². The van der Waals surface area contributed by atoms with Crippen molar-refractivity contribution in [2.45, 2.75) is 102 Å². The van der Waals surface area contributed by atoms with Crippen molar-refractivity contribution in [2.75, 3.05) is 0 Å². The first kappa shape index (κ1) is 16.5. The van der Waals surface area contributed by atoms with E-state index >= 15 is 0 Å². The molecule has 1 aliphatic rings. The van der Waals surface area contributed by atoms with Crippen molar-refractivity contribution in [3.63, 3.8) is 0 Å². The minimum atomic E-state index is 0.844. The summed E-state index contributed by atoms with van der Waals surface area (Å²) in [5.41, 5.74) is 0. The molecule has 0 saturated heterocycles. The van der Waals surface area contributed by atoms with Gasteiger partial charge in [-0.25, -0.2) is 0 Å². The fraction of sp³-hybridized carbons (Fsp3) is 1.00. The Kier molecular flexibility index (Phi) is 10.4. The van der Waals surface area contributed by atoms with E-state index in [-0.39, 0.29) is 0 Å². The Hall–Kier alpha value is 0.480. The van der Waals surface area contributed by atoms with Crippen LogP contribution >= 0.6 is 15.9 Å². The normalized spacial score (nSPS) is 17.0. The van der Waals surface area contributed by atoms with Gasteiger partial charge >= 0.3 is 0 Å². The Labute approximate surface area is 123 Å². The molecule has 0 amide bonds. The molecule has 0 N–H and O–H groups in total. The monoisotopic (exact) mass is 316 g/mol. The van der Waals surface area contributed by atoms with Crippen molar-refractivity contribution >= 4 is 15.9 Å². The van der Waals surface area contributed by atoms with E-state index in [9.17, 15) is 0 Å². The number of hydrogen-bond donors (Lipinski definition) is 0. The molecule has 0 bridgehead atoms. The molecule has 0 heterocycles. The van der Waals surface area contributed by atoms with Crippen LogP contribution in [0.4, 0.5) is 0 Å². The predicted octanol–water partition coefficient (Wildman–Crippen LogP) is 6.86. The zero-order valence-corrected chi connectivity index (χ0v) is 14.0. The molecule has 0 radical (unpaired) electrons. The van der Waals surface area contributed by atoms with Gasteiger partial charge in [-0.3, -0.25) is 0 Å². The lowest BCUT2D eigenvalue weighted by atomic mass is 10.0. The summed E-state index contributed by atoms with van der Waals surface area (Å²) in [5, 5.41) is 0. The van der Waals surface area contributed by atoms with E-state index in [0.29, 0.717) is 0 Å². The van der Waals surface area contributed by atoms with Gasteiger partial charge in [0.2, 0.25) is 0 Å². The molecule has 18 heavy (non-hydrogen) atoms. The Morgan fingerprint density at radius 1 is 0.778 bits per heavy atom. The van der Waals surface area contributed by atoms with Gasteiger partial charge in [-0.1, -0.05) is 93.5 Å². The second-order valence-corrected chi connectivity index (χ2v) is 7.35. The smallest absolute Gasteiger partial charge is 0.0174 e. The summed E-state index contributed by atoms with van der Waals surface area (Å²) in [7, 11) is 0. The van der Waals surface area contributed by atoms with E-state index < -0.39 is 0 Å². The van der Waals surface area contributed by atoms with Crippen molar-refractivity contribution in [1.29, 1.82) is 0 Å². The summed E-state index contributed by atoms with van der Waals surface area (Å²) in [6.45, 7) is 2.29. The van der Waals surface area contributed by atoms with Crippen LogP contribution in [0, 0.1) is 5.92 Å². The van der Waals surface area contributed by atoms with Gasteiger partial charge in [0.1, 0.15) is 0 Å². The maximum Gasteiger partial charge on any atom is 0.0174 e. The highest BCUT2D eigenvalue weighted by Crippen LogP contribution is 2.38. The fourth-order valence-electron chi connectivity index (χ4n) is 2.70. The molecule has 1 saturated carbocycles. The second kappa shape index (κ2) is 11.3. The number of alkyl halides is 1. The maximum atomic E-state index is 3.83. The van der Waals surface area contributed by atoms with Gasteiger partial charge < -0.3 is 0 Å². The fourth-order valence-corrected chi connectivity index (χ4v) is 3.55. The average Bonchev–Trinajstić information content (AvgIpc) is 3.20. The first-order valence-corrected chi connectivity index (χ1v) is 9.40. The molecule has 1 heteroatoms. The molecular formula is C17H33Br. The zero-order chi connectivity index (χ0) is 13.1. The van der Waals surface area contributed by atoms with Crippen LogP contribution in [-0.2, 0) is 0 Å². The first-order valence-electron chi connectivity index (χ1n) is 8.48. The number of unbranched alkanes of at least 4 members (excludes halogenated alkanes) is 10. The molecule has 1 atom stereocenters. The summed E-state index contributed by atoms with van der Waals surface area (Å²) in [4.78, 5) is 0.844. The van der Waals surface area contributed by atoms with E-state index in [4.69, 9.17) is 0 Å². The van der Waals surface area contributed by atoms with Gasteiger partial charge in [0.25, 0.3) is 0 Å². The molecule has 108 valence electrons. The van der Waals surface area contributed by atoms with Gasteiger partial charge in [0, 0.05) is 4.83 Å². The third-order valence-electron chi connectivity index (χ3n) is 4.22. The summed E-state index contributed by atoms with van der Waals surface area (Å²) in [5.74, 6) is 1.04. The largest absolute Gasteiger partial charge is 0.0888 e. The van der Waals surface area contributed by atoms with Gasteiger partial charge in [-0.15, -0.1) is 0 Å². The number of hydrogen-bond acceptors (Lipinski definition) is 0. The van der Waals surface area contributed by atoms with Gasteiger partial charge in [-0.05, 0) is 25.2 Å². The van der Waals surface area contributed by atoms with Crippen molar-refractivity contribution in [3.8, 4) is 0 Å². The Balaban J connectivity index is 1.68. The van der Waals surface area contributed by atoms with Crippen molar-refractivity contribution in [3.05, 3.63) is 0 Å². The minimum Gasteiger partial charge on any atom is -0.0888 e. The molecule has 1 unspecified atom stereocenters. The molecule has 0 nitrogen and oxygen atoms in total. The molecule has 1 fully saturated rings. The molecule has 0 spiro atoms. The predicted molar refractivity (Wildman–Crippen MR) is 86.5 cm³/mol. The van der Waals surface area contributed by atoms with E-state index in [1.807, 2.05) is 0 Å². The van der Waals surface area contributed by atoms with Crippen molar-refractivity contribution < 1.29 is 0 Å². The SMILES string of the molecule is CCCCCCCCCCCCCC(Br)C1CC1. The summed E-state index contributed by atoms with van der Waals surface area (Å²) < 4.78 is 0. The van der Waals surface area contributed by atoms with Crippen LogP contribution in [0.15, 0.2) is 0 Å². The maximum absolute atomic E-state index is 3.83. The molecule has 0 aromatic rings. The summed E-state index contributed by atoms with van der Waals surface area (Å²) in [6, 6.07) is 0. The van der Waals surface area contributed by atoms with Crippen LogP contribution in [0.1, 0.15) is 96.8 Å². The third kappa shape index (κ3) is 9.42. The Morgan fingerprint density at radius 2 is 1.22 bits per heavy atom. The lowest BCUT2D eigenvalue weighted by Gasteiger charge is -2.07. The van der Waals surface area contributed by atoms with Crippen LogP contribution in [0.25, 0.3) is 0 Å². The second-order valence-electron chi connectivity index (χ2n) is 6.18. The van der Waals surface area contributed by atoms with E-state index in [1.54, 1.807) is 0 Å². The number of halogens is 1. The molecule has 0 aromatic carbocycles. The summed E-state index contributed by atoms with van der Waals surface area (Å²) >= 11 is 3.83. The van der Waals surface area contributed by atoms with E-state index in [0.717, 1.165) is 10.7 Å². The van der Waals surface area contributed by atoms with E-state index in [1.165, 1.54) is 89.9 Å². The standard InChI is InChI=1S/C17H33Br/c1-2-3-4-5-6-7-8-9-10-11-12-13-17(18)16-14-15-16/h16-17H,2-15H2,1H3. The molecule has 1 aliphatic carbocycles. The van der Waals surface area contributed by atoms with Crippen LogP contribution in [0.3, 0.4) is 0 Å². The molecular weight excluding hydrogens is 284 g/mol. The highest BCUT2D eigenvalue weighted by atomic mass is 79.9. The topological polar surface area (TPSA) is 0 Å². The van der Waals surface area contributed by atoms with Gasteiger partial charge in [0.05, 0.1) is 0 Å². The highest BCUT2D eigenvalue weighted by Gasteiger charge is 2.28.